The van der Waals surface area contributed by atoms with Gasteiger partial charge < -0.3 is 24.8 Å². The van der Waals surface area contributed by atoms with Crippen LogP contribution in [0, 0.1) is 0 Å². The molecular weight excluding hydrogens is 366 g/mol. The molecule has 0 spiro atoms. The summed E-state index contributed by atoms with van der Waals surface area (Å²) in [7, 11) is 0. The molecule has 1 unspecified atom stereocenters. The molecule has 0 radical (unpaired) electrons. The molecule has 3 rings (SSSR count). The van der Waals surface area contributed by atoms with Gasteiger partial charge in [0.1, 0.15) is 0 Å². The molecule has 0 saturated heterocycles. The second-order valence-corrected chi connectivity index (χ2v) is 6.78. The van der Waals surface area contributed by atoms with Crippen LogP contribution in [0.4, 0.5) is 0 Å². The van der Waals surface area contributed by atoms with E-state index in [1.54, 1.807) is 28.0 Å². The Morgan fingerprint density at radius 1 is 1.15 bits per heavy atom. The first-order valence-corrected chi connectivity index (χ1v) is 7.76. The molecule has 0 saturated carbocycles. The average Bonchev–Trinajstić information content (AvgIpc) is 2.89. The molecule has 2 aliphatic carbocycles. The number of fused-ring (bicyclic) bond motifs is 1. The van der Waals surface area contributed by atoms with Gasteiger partial charge in [0.2, 0.25) is 0 Å². The topological polar surface area (TPSA) is 0 Å². The third kappa shape index (κ3) is 2.65. The van der Waals surface area contributed by atoms with Crippen molar-refractivity contribution < 1.29 is 49.5 Å². The van der Waals surface area contributed by atoms with Crippen molar-refractivity contribution in [3.05, 3.63) is 55.9 Å². The molecule has 0 aliphatic heterocycles. The van der Waals surface area contributed by atoms with Gasteiger partial charge >= 0.3 is 125 Å². The first-order valence-electron chi connectivity index (χ1n) is 6.53. The fraction of sp³-hybridized carbons (Fsp3) is 0.294. The monoisotopic (exact) mass is 381 g/mol. The molecule has 0 fully saturated rings. The normalized spacial score (nSPS) is 19.9. The van der Waals surface area contributed by atoms with Crippen LogP contribution in [-0.2, 0) is 24.7 Å². The van der Waals surface area contributed by atoms with Gasteiger partial charge in [-0.2, -0.15) is 0 Å². The maximum atomic E-state index is 2.33. The van der Waals surface area contributed by atoms with Crippen LogP contribution in [0.15, 0.2) is 39.2 Å². The van der Waals surface area contributed by atoms with Crippen molar-refractivity contribution >= 4 is 11.1 Å². The molecule has 1 aromatic carbocycles. The summed E-state index contributed by atoms with van der Waals surface area (Å²) in [6, 6.07) is 6.81. The molecule has 2 aliphatic rings. The Bertz CT molecular complexity index is 624. The molecule has 3 heteroatoms. The van der Waals surface area contributed by atoms with Crippen molar-refractivity contribution in [3.63, 3.8) is 0 Å². The molecular formula is C17H17Cl2Zr. The van der Waals surface area contributed by atoms with Gasteiger partial charge in [0, 0.05) is 0 Å². The third-order valence-electron chi connectivity index (χ3n) is 4.40. The van der Waals surface area contributed by atoms with Crippen LogP contribution in [0.1, 0.15) is 49.8 Å². The third-order valence-corrected chi connectivity index (χ3v) is 5.56. The zero-order valence-electron chi connectivity index (χ0n) is 11.9. The smallest absolute Gasteiger partial charge is 1.00 e. The van der Waals surface area contributed by atoms with Crippen LogP contribution in [-0.4, -0.2) is 0 Å². The predicted molar refractivity (Wildman–Crippen MR) is 73.8 cm³/mol. The van der Waals surface area contributed by atoms with E-state index in [9.17, 15) is 0 Å². The minimum atomic E-state index is 0. The van der Waals surface area contributed by atoms with Gasteiger partial charge in [0.05, 0.1) is 0 Å². The van der Waals surface area contributed by atoms with Crippen LogP contribution in [0.3, 0.4) is 0 Å². The summed E-state index contributed by atoms with van der Waals surface area (Å²) in [6.07, 6.45) is 5.75. The SMILES string of the molecule is CC1=C(C)C(C)c2cccc(C3=[C]([Zr+2])CC=C3)c21.[Cl-].[Cl-]. The van der Waals surface area contributed by atoms with Gasteiger partial charge in [-0.15, -0.1) is 0 Å². The predicted octanol–water partition coefficient (Wildman–Crippen LogP) is -1.18. The van der Waals surface area contributed by atoms with Gasteiger partial charge in [0.15, 0.2) is 0 Å². The Labute approximate surface area is 149 Å². The molecule has 0 nitrogen and oxygen atoms in total. The van der Waals surface area contributed by atoms with E-state index in [1.807, 2.05) is 0 Å². The molecule has 20 heavy (non-hydrogen) atoms. The van der Waals surface area contributed by atoms with Crippen molar-refractivity contribution in [2.24, 2.45) is 0 Å². The Morgan fingerprint density at radius 2 is 1.85 bits per heavy atom. The van der Waals surface area contributed by atoms with Crippen LogP contribution < -0.4 is 24.8 Å². The second kappa shape index (κ2) is 6.78. The zero-order valence-corrected chi connectivity index (χ0v) is 15.9. The van der Waals surface area contributed by atoms with Crippen molar-refractivity contribution in [1.82, 2.24) is 0 Å². The fourth-order valence-corrected chi connectivity index (χ4v) is 3.91. The van der Waals surface area contributed by atoms with E-state index in [4.69, 9.17) is 0 Å². The summed E-state index contributed by atoms with van der Waals surface area (Å²) in [4.78, 5) is 0. The average molecular weight is 383 g/mol. The summed E-state index contributed by atoms with van der Waals surface area (Å²) in [5.74, 6) is 0.583. The minimum Gasteiger partial charge on any atom is -1.00 e. The van der Waals surface area contributed by atoms with Gasteiger partial charge in [-0.05, 0) is 0 Å². The van der Waals surface area contributed by atoms with Crippen molar-refractivity contribution in [1.29, 1.82) is 0 Å². The molecule has 0 heterocycles. The van der Waals surface area contributed by atoms with E-state index in [2.05, 4.69) is 51.1 Å². The number of rotatable bonds is 1. The van der Waals surface area contributed by atoms with E-state index in [0.717, 1.165) is 6.42 Å². The second-order valence-electron chi connectivity index (χ2n) is 5.30. The van der Waals surface area contributed by atoms with Crippen molar-refractivity contribution in [2.45, 2.75) is 33.1 Å². The summed E-state index contributed by atoms with van der Waals surface area (Å²) >= 11 is 1.55. The van der Waals surface area contributed by atoms with E-state index in [-0.39, 0.29) is 24.8 Å². The van der Waals surface area contributed by atoms with Gasteiger partial charge in [-0.1, -0.05) is 0 Å². The zero-order chi connectivity index (χ0) is 12.9. The first kappa shape index (κ1) is 18.0. The maximum Gasteiger partial charge on any atom is -1.00 e. The summed E-state index contributed by atoms with van der Waals surface area (Å²) in [5.41, 5.74) is 8.97. The quantitative estimate of drug-likeness (QED) is 0.573. The Kier molecular flexibility index (Phi) is 6.08. The van der Waals surface area contributed by atoms with Crippen LogP contribution in [0.25, 0.3) is 11.1 Å². The van der Waals surface area contributed by atoms with E-state index < -0.39 is 0 Å². The van der Waals surface area contributed by atoms with Crippen molar-refractivity contribution in [3.8, 4) is 0 Å². The summed E-state index contributed by atoms with van der Waals surface area (Å²) in [6.45, 7) is 6.89. The van der Waals surface area contributed by atoms with Gasteiger partial charge in [-0.25, -0.2) is 0 Å². The van der Waals surface area contributed by atoms with Crippen molar-refractivity contribution in [2.75, 3.05) is 0 Å². The number of allylic oxidation sites excluding steroid dienone is 6. The Morgan fingerprint density at radius 3 is 2.45 bits per heavy atom. The fourth-order valence-electron chi connectivity index (χ4n) is 3.09. The largest absolute Gasteiger partial charge is 1.00 e. The maximum absolute atomic E-state index is 2.33. The number of halogens is 2. The summed E-state index contributed by atoms with van der Waals surface area (Å²) in [5, 5.41) is 0. The van der Waals surface area contributed by atoms with E-state index >= 15 is 0 Å². The molecule has 0 aromatic heterocycles. The Hall–Kier alpha value is -0.0969. The number of benzene rings is 1. The van der Waals surface area contributed by atoms with Crippen LogP contribution in [0.2, 0.25) is 0 Å². The van der Waals surface area contributed by atoms with E-state index in [1.165, 1.54) is 33.4 Å². The molecule has 0 N–H and O–H groups in total. The molecule has 1 atom stereocenters. The van der Waals surface area contributed by atoms with Gasteiger partial charge in [0.25, 0.3) is 0 Å². The molecule has 0 amide bonds. The first-order chi connectivity index (χ1) is 8.61. The van der Waals surface area contributed by atoms with E-state index in [0.29, 0.717) is 5.92 Å². The van der Waals surface area contributed by atoms with Crippen LogP contribution in [0.5, 0.6) is 0 Å². The molecule has 1 aromatic rings. The van der Waals surface area contributed by atoms with Crippen LogP contribution >= 0.6 is 0 Å². The Balaban J connectivity index is 0.000001000. The summed E-state index contributed by atoms with van der Waals surface area (Å²) < 4.78 is 1.58. The number of hydrogen-bond acceptors (Lipinski definition) is 0. The standard InChI is InChI=1S/C17H17.2ClH.Zr/c1-11-12(2)15-9-6-10-16(17(15)13(11)3)14-7-4-5-8-14;;;/h4,6-7,9-10,12H,5H2,1-3H3;2*1H;/q;;;+2/p-2. The molecule has 0 bridgehead atoms. The number of hydrogen-bond donors (Lipinski definition) is 0. The minimum absolute atomic E-state index is 0. The molecule has 103 valence electrons. The van der Waals surface area contributed by atoms with Gasteiger partial charge in [-0.3, -0.25) is 0 Å².